The number of rotatable bonds is 5. The Kier molecular flexibility index (Phi) is 6.05. The standard InChI is InChI=1S/C24H25N3.ClH/c1-17-9-11-21(12-10-17)16-27-19(3)18(2)22-13-14-25-24(23(22)27)26-15-20-7-5-4-6-8-20;/h4-14H,15-16H2,1-3H3,(H,25,26);1H. The summed E-state index contributed by atoms with van der Waals surface area (Å²) in [6.45, 7) is 8.14. The molecule has 0 aliphatic heterocycles. The first-order valence-corrected chi connectivity index (χ1v) is 9.41. The lowest BCUT2D eigenvalue weighted by Crippen LogP contribution is -2.07. The smallest absolute Gasteiger partial charge is 0.150 e. The molecule has 0 saturated carbocycles. The summed E-state index contributed by atoms with van der Waals surface area (Å²) >= 11 is 0. The Morgan fingerprint density at radius 1 is 0.857 bits per heavy atom. The number of benzene rings is 2. The van der Waals surface area contributed by atoms with Gasteiger partial charge < -0.3 is 9.88 Å². The summed E-state index contributed by atoms with van der Waals surface area (Å²) in [6, 6.07) is 21.3. The summed E-state index contributed by atoms with van der Waals surface area (Å²) in [5, 5.41) is 4.82. The van der Waals surface area contributed by atoms with Crippen LogP contribution in [0, 0.1) is 20.8 Å². The first kappa shape index (κ1) is 20.0. The van der Waals surface area contributed by atoms with Gasteiger partial charge in [-0.25, -0.2) is 4.98 Å². The average molecular weight is 392 g/mol. The van der Waals surface area contributed by atoms with Crippen LogP contribution in [0.5, 0.6) is 0 Å². The molecule has 0 unspecified atom stereocenters. The molecule has 4 aromatic rings. The first-order valence-electron chi connectivity index (χ1n) is 9.41. The van der Waals surface area contributed by atoms with Gasteiger partial charge in [0.15, 0.2) is 5.82 Å². The first-order chi connectivity index (χ1) is 13.1. The van der Waals surface area contributed by atoms with Crippen molar-refractivity contribution in [1.29, 1.82) is 0 Å². The number of fused-ring (bicyclic) bond motifs is 1. The van der Waals surface area contributed by atoms with E-state index in [1.165, 1.54) is 38.9 Å². The van der Waals surface area contributed by atoms with Crippen LogP contribution in [-0.2, 0) is 13.1 Å². The van der Waals surface area contributed by atoms with E-state index in [9.17, 15) is 0 Å². The topological polar surface area (TPSA) is 29.9 Å². The molecule has 2 heterocycles. The Morgan fingerprint density at radius 2 is 1.57 bits per heavy atom. The maximum atomic E-state index is 4.66. The Hall–Kier alpha value is -2.78. The average Bonchev–Trinajstić information content (AvgIpc) is 2.94. The monoisotopic (exact) mass is 391 g/mol. The highest BCUT2D eigenvalue weighted by atomic mass is 35.5. The molecule has 4 rings (SSSR count). The fourth-order valence-electron chi connectivity index (χ4n) is 3.58. The minimum Gasteiger partial charge on any atom is -0.364 e. The number of aromatic nitrogens is 2. The molecule has 3 nitrogen and oxygen atoms in total. The van der Waals surface area contributed by atoms with Gasteiger partial charge in [0.1, 0.15) is 0 Å². The highest BCUT2D eigenvalue weighted by molar-refractivity contribution is 5.93. The van der Waals surface area contributed by atoms with Crippen molar-refractivity contribution in [3.63, 3.8) is 0 Å². The highest BCUT2D eigenvalue weighted by Crippen LogP contribution is 2.30. The third kappa shape index (κ3) is 3.90. The summed E-state index contributed by atoms with van der Waals surface area (Å²) in [6.07, 6.45) is 1.90. The number of anilines is 1. The van der Waals surface area contributed by atoms with Gasteiger partial charge in [0.25, 0.3) is 0 Å². The Labute approximate surface area is 172 Å². The van der Waals surface area contributed by atoms with Crippen LogP contribution in [0.15, 0.2) is 66.9 Å². The lowest BCUT2D eigenvalue weighted by molar-refractivity contribution is 0.799. The quantitative estimate of drug-likeness (QED) is 0.449. The van der Waals surface area contributed by atoms with Gasteiger partial charge in [-0.1, -0.05) is 60.2 Å². The Bertz CT molecular complexity index is 1070. The second-order valence-corrected chi connectivity index (χ2v) is 7.18. The van der Waals surface area contributed by atoms with Crippen molar-refractivity contribution in [2.24, 2.45) is 0 Å². The van der Waals surface area contributed by atoms with Gasteiger partial charge in [-0.15, -0.1) is 12.4 Å². The Balaban J connectivity index is 0.00000225. The van der Waals surface area contributed by atoms with Crippen LogP contribution in [0.3, 0.4) is 0 Å². The summed E-state index contributed by atoms with van der Waals surface area (Å²) in [7, 11) is 0. The zero-order valence-electron chi connectivity index (χ0n) is 16.6. The van der Waals surface area contributed by atoms with Crippen molar-refractivity contribution < 1.29 is 0 Å². The second kappa shape index (κ2) is 8.49. The van der Waals surface area contributed by atoms with Gasteiger partial charge >= 0.3 is 0 Å². The molecule has 0 spiro atoms. The van der Waals surface area contributed by atoms with Crippen LogP contribution in [0.25, 0.3) is 10.9 Å². The molecule has 2 aromatic carbocycles. The van der Waals surface area contributed by atoms with E-state index in [1.807, 2.05) is 12.3 Å². The van der Waals surface area contributed by atoms with E-state index in [1.54, 1.807) is 0 Å². The molecule has 0 fully saturated rings. The van der Waals surface area contributed by atoms with E-state index in [0.717, 1.165) is 18.9 Å². The fourth-order valence-corrected chi connectivity index (χ4v) is 3.58. The minimum absolute atomic E-state index is 0. The molecule has 1 N–H and O–H groups in total. The molecule has 144 valence electrons. The fraction of sp³-hybridized carbons (Fsp3) is 0.208. The highest BCUT2D eigenvalue weighted by Gasteiger charge is 2.15. The van der Waals surface area contributed by atoms with Gasteiger partial charge in [-0.3, -0.25) is 0 Å². The van der Waals surface area contributed by atoms with Crippen molar-refractivity contribution in [1.82, 2.24) is 9.55 Å². The minimum atomic E-state index is 0. The maximum Gasteiger partial charge on any atom is 0.150 e. The van der Waals surface area contributed by atoms with Crippen molar-refractivity contribution in [3.8, 4) is 0 Å². The molecule has 0 bridgehead atoms. The molecule has 4 heteroatoms. The van der Waals surface area contributed by atoms with E-state index in [-0.39, 0.29) is 12.4 Å². The number of nitrogens with one attached hydrogen (secondary N) is 1. The van der Waals surface area contributed by atoms with Crippen molar-refractivity contribution in [2.75, 3.05) is 5.32 Å². The predicted octanol–water partition coefficient (Wildman–Crippen LogP) is 6.04. The van der Waals surface area contributed by atoms with Gasteiger partial charge in [0.05, 0.1) is 5.52 Å². The lowest BCUT2D eigenvalue weighted by Gasteiger charge is -2.13. The molecule has 2 aromatic heterocycles. The van der Waals surface area contributed by atoms with Gasteiger partial charge in [0, 0.05) is 30.4 Å². The number of pyridine rings is 1. The van der Waals surface area contributed by atoms with Gasteiger partial charge in [-0.2, -0.15) is 0 Å². The number of halogens is 1. The Morgan fingerprint density at radius 3 is 2.29 bits per heavy atom. The number of nitrogens with zero attached hydrogens (tertiary/aromatic N) is 2. The third-order valence-electron chi connectivity index (χ3n) is 5.31. The van der Waals surface area contributed by atoms with Crippen molar-refractivity contribution in [3.05, 3.63) is 94.8 Å². The number of aryl methyl sites for hydroxylation is 2. The van der Waals surface area contributed by atoms with E-state index in [4.69, 9.17) is 0 Å². The van der Waals surface area contributed by atoms with E-state index < -0.39 is 0 Å². The normalized spacial score (nSPS) is 10.7. The number of hydrogen-bond acceptors (Lipinski definition) is 2. The summed E-state index contributed by atoms with van der Waals surface area (Å²) < 4.78 is 2.38. The van der Waals surface area contributed by atoms with Crippen LogP contribution in [0.4, 0.5) is 5.82 Å². The molecule has 0 aliphatic rings. The van der Waals surface area contributed by atoms with E-state index in [2.05, 4.69) is 90.2 Å². The van der Waals surface area contributed by atoms with E-state index >= 15 is 0 Å². The third-order valence-corrected chi connectivity index (χ3v) is 5.31. The molecule has 0 atom stereocenters. The van der Waals surface area contributed by atoms with Crippen LogP contribution in [0.2, 0.25) is 0 Å². The van der Waals surface area contributed by atoms with Gasteiger partial charge in [0.2, 0.25) is 0 Å². The maximum absolute atomic E-state index is 4.66. The zero-order chi connectivity index (χ0) is 18.8. The molecular weight excluding hydrogens is 366 g/mol. The van der Waals surface area contributed by atoms with Crippen molar-refractivity contribution in [2.45, 2.75) is 33.9 Å². The van der Waals surface area contributed by atoms with E-state index in [0.29, 0.717) is 0 Å². The van der Waals surface area contributed by atoms with Crippen LogP contribution >= 0.6 is 12.4 Å². The molecule has 28 heavy (non-hydrogen) atoms. The molecular formula is C24H26ClN3. The molecule has 0 radical (unpaired) electrons. The van der Waals surface area contributed by atoms with Gasteiger partial charge in [-0.05, 0) is 43.5 Å². The zero-order valence-corrected chi connectivity index (χ0v) is 17.4. The van der Waals surface area contributed by atoms with Crippen molar-refractivity contribution >= 4 is 29.1 Å². The summed E-state index contributed by atoms with van der Waals surface area (Å²) in [5.41, 5.74) is 7.64. The molecule has 0 aliphatic carbocycles. The van der Waals surface area contributed by atoms with Crippen LogP contribution < -0.4 is 5.32 Å². The summed E-state index contributed by atoms with van der Waals surface area (Å²) in [4.78, 5) is 4.66. The largest absolute Gasteiger partial charge is 0.364 e. The lowest BCUT2D eigenvalue weighted by atomic mass is 10.1. The second-order valence-electron chi connectivity index (χ2n) is 7.18. The molecule has 0 amide bonds. The predicted molar refractivity (Wildman–Crippen MR) is 121 cm³/mol. The SMILES string of the molecule is Cc1ccc(Cn2c(C)c(C)c3ccnc(NCc4ccccc4)c32)cc1.Cl. The summed E-state index contributed by atoms with van der Waals surface area (Å²) in [5.74, 6) is 0.944. The van der Waals surface area contributed by atoms with Crippen LogP contribution in [-0.4, -0.2) is 9.55 Å². The van der Waals surface area contributed by atoms with Crippen LogP contribution in [0.1, 0.15) is 27.9 Å². The molecule has 0 saturated heterocycles. The number of hydrogen-bond donors (Lipinski definition) is 1.